The van der Waals surface area contributed by atoms with Crippen molar-refractivity contribution in [2.45, 2.75) is 49.8 Å². The predicted molar refractivity (Wildman–Crippen MR) is 149 cm³/mol. The molecule has 3 aromatic rings. The van der Waals surface area contributed by atoms with Crippen molar-refractivity contribution in [3.05, 3.63) is 82.1 Å². The van der Waals surface area contributed by atoms with Gasteiger partial charge in [-0.1, -0.05) is 47.5 Å². The van der Waals surface area contributed by atoms with Crippen LogP contribution in [0.15, 0.2) is 65.8 Å². The molecule has 0 N–H and O–H groups in total. The minimum atomic E-state index is -4.02. The van der Waals surface area contributed by atoms with E-state index in [0.29, 0.717) is 23.7 Å². The number of carbonyl (C=O) groups excluding carboxylic acids is 1. The smallest absolute Gasteiger partial charge is 0.387 e. The molecule has 0 spiro atoms. The standard InChI is InChI=1S/C28H28Cl2F2N2O6S/c1-17(34(2)41(36,37)20-6-4-3-5-7-20)27(35)39-25(13-21-22(29)14-33-15-23(21)30)19-10-11-24(40-28(31)32)26(12-19)38-16-18-8-9-18/h3-7,10-12,14-15,17-18,25,28H,8-9,13,16H2,1-2H3/t17-,25-/m1/s1. The number of likely N-dealkylation sites (N-methyl/N-ethyl adjacent to an activating group) is 1. The van der Waals surface area contributed by atoms with E-state index in [1.807, 2.05) is 0 Å². The second-order valence-corrected chi connectivity index (χ2v) is 12.4. The number of carbonyl (C=O) groups is 1. The third kappa shape index (κ3) is 7.85. The second-order valence-electron chi connectivity index (χ2n) is 9.56. The summed E-state index contributed by atoms with van der Waals surface area (Å²) >= 11 is 12.7. The van der Waals surface area contributed by atoms with Gasteiger partial charge in [0.1, 0.15) is 12.1 Å². The molecule has 4 rings (SSSR count). The van der Waals surface area contributed by atoms with E-state index < -0.39 is 34.7 Å². The summed E-state index contributed by atoms with van der Waals surface area (Å²) < 4.78 is 69.5. The van der Waals surface area contributed by atoms with E-state index in [9.17, 15) is 22.0 Å². The molecule has 0 aliphatic heterocycles. The van der Waals surface area contributed by atoms with Gasteiger partial charge in [-0.2, -0.15) is 13.1 Å². The average Bonchev–Trinajstić information content (AvgIpc) is 3.78. The molecule has 8 nitrogen and oxygen atoms in total. The van der Waals surface area contributed by atoms with Crippen LogP contribution in [0.2, 0.25) is 10.0 Å². The van der Waals surface area contributed by atoms with E-state index in [1.54, 1.807) is 18.2 Å². The number of rotatable bonds is 13. The van der Waals surface area contributed by atoms with Gasteiger partial charge in [-0.3, -0.25) is 9.78 Å². The molecule has 0 saturated heterocycles. The van der Waals surface area contributed by atoms with Crippen molar-refractivity contribution in [1.82, 2.24) is 9.29 Å². The highest BCUT2D eigenvalue weighted by Crippen LogP contribution is 2.38. The lowest BCUT2D eigenvalue weighted by molar-refractivity contribution is -0.153. The fourth-order valence-electron chi connectivity index (χ4n) is 3.92. The monoisotopic (exact) mass is 628 g/mol. The van der Waals surface area contributed by atoms with Gasteiger partial charge in [-0.15, -0.1) is 0 Å². The summed E-state index contributed by atoms with van der Waals surface area (Å²) in [6, 6.07) is 10.7. The summed E-state index contributed by atoms with van der Waals surface area (Å²) in [5, 5.41) is 0.441. The van der Waals surface area contributed by atoms with Crippen LogP contribution in [0, 0.1) is 5.92 Å². The molecule has 220 valence electrons. The Morgan fingerprint density at radius 1 is 1.07 bits per heavy atom. The number of sulfonamides is 1. The van der Waals surface area contributed by atoms with Crippen LogP contribution in [0.4, 0.5) is 8.78 Å². The fraction of sp³-hybridized carbons (Fsp3) is 0.357. The Morgan fingerprint density at radius 3 is 2.34 bits per heavy atom. The molecule has 0 unspecified atom stereocenters. The SMILES string of the molecule is C[C@H](C(=O)O[C@H](Cc1c(Cl)cncc1Cl)c1ccc(OC(F)F)c(OCC2CC2)c1)N(C)S(=O)(=O)c1ccccc1. The van der Waals surface area contributed by atoms with Crippen LogP contribution in [0.3, 0.4) is 0 Å². The Kier molecular flexibility index (Phi) is 10.1. The van der Waals surface area contributed by atoms with Gasteiger partial charge in [-0.05, 0) is 61.1 Å². The Balaban J connectivity index is 1.65. The van der Waals surface area contributed by atoms with Crippen molar-refractivity contribution < 1.29 is 36.2 Å². The Morgan fingerprint density at radius 2 is 1.73 bits per heavy atom. The molecule has 2 aromatic carbocycles. The molecular formula is C28H28Cl2F2N2O6S. The zero-order valence-electron chi connectivity index (χ0n) is 22.2. The molecule has 1 aromatic heterocycles. The minimum absolute atomic E-state index is 0.0149. The van der Waals surface area contributed by atoms with E-state index in [-0.39, 0.29) is 32.9 Å². The zero-order valence-corrected chi connectivity index (χ0v) is 24.5. The van der Waals surface area contributed by atoms with E-state index in [2.05, 4.69) is 9.72 Å². The molecule has 1 fully saturated rings. The molecule has 1 aliphatic rings. The highest BCUT2D eigenvalue weighted by molar-refractivity contribution is 7.89. The van der Waals surface area contributed by atoms with Crippen LogP contribution >= 0.6 is 23.2 Å². The van der Waals surface area contributed by atoms with Gasteiger partial charge in [-0.25, -0.2) is 8.42 Å². The first-order valence-corrected chi connectivity index (χ1v) is 14.9. The predicted octanol–water partition coefficient (Wildman–Crippen LogP) is 6.31. The topological polar surface area (TPSA) is 95.0 Å². The van der Waals surface area contributed by atoms with Gasteiger partial charge in [0.05, 0.1) is 21.5 Å². The quantitative estimate of drug-likeness (QED) is 0.205. The van der Waals surface area contributed by atoms with Crippen LogP contribution in [0.25, 0.3) is 0 Å². The Hall–Kier alpha value is -2.99. The summed E-state index contributed by atoms with van der Waals surface area (Å²) in [7, 11) is -2.74. The maximum Gasteiger partial charge on any atom is 0.387 e. The number of esters is 1. The number of hydrogen-bond donors (Lipinski definition) is 0. The lowest BCUT2D eigenvalue weighted by atomic mass is 10.0. The van der Waals surface area contributed by atoms with Crippen LogP contribution in [0.5, 0.6) is 11.5 Å². The molecule has 2 atom stereocenters. The molecule has 1 heterocycles. The Bertz CT molecular complexity index is 1460. The van der Waals surface area contributed by atoms with Crippen molar-refractivity contribution in [3.8, 4) is 11.5 Å². The van der Waals surface area contributed by atoms with Crippen molar-refractivity contribution in [2.75, 3.05) is 13.7 Å². The van der Waals surface area contributed by atoms with Crippen molar-refractivity contribution in [3.63, 3.8) is 0 Å². The maximum atomic E-state index is 13.4. The molecular weight excluding hydrogens is 601 g/mol. The van der Waals surface area contributed by atoms with Crippen LogP contribution in [-0.4, -0.2) is 50.0 Å². The van der Waals surface area contributed by atoms with E-state index in [0.717, 1.165) is 17.1 Å². The van der Waals surface area contributed by atoms with Crippen LogP contribution in [-0.2, 0) is 26.0 Å². The molecule has 1 aliphatic carbocycles. The van der Waals surface area contributed by atoms with Gasteiger partial charge in [0.15, 0.2) is 11.5 Å². The molecule has 41 heavy (non-hydrogen) atoms. The number of nitrogens with zero attached hydrogens (tertiary/aromatic N) is 2. The van der Waals surface area contributed by atoms with Gasteiger partial charge in [0.25, 0.3) is 0 Å². The van der Waals surface area contributed by atoms with Crippen molar-refractivity contribution in [1.29, 1.82) is 0 Å². The first kappa shape index (κ1) is 31.0. The maximum absolute atomic E-state index is 13.4. The van der Waals surface area contributed by atoms with Crippen LogP contribution in [0.1, 0.15) is 37.0 Å². The Labute approximate surface area is 247 Å². The minimum Gasteiger partial charge on any atom is -0.489 e. The average molecular weight is 630 g/mol. The third-order valence-corrected chi connectivity index (χ3v) is 9.23. The zero-order chi connectivity index (χ0) is 29.7. The van der Waals surface area contributed by atoms with E-state index in [1.165, 1.54) is 56.7 Å². The molecule has 0 amide bonds. The number of aromatic nitrogens is 1. The summed E-state index contributed by atoms with van der Waals surface area (Å²) in [5.74, 6) is -0.647. The summed E-state index contributed by atoms with van der Waals surface area (Å²) in [6.07, 6.45) is 3.63. The van der Waals surface area contributed by atoms with Gasteiger partial charge in [0.2, 0.25) is 10.0 Å². The summed E-state index contributed by atoms with van der Waals surface area (Å²) in [6.45, 7) is -1.36. The lowest BCUT2D eigenvalue weighted by Crippen LogP contribution is -2.41. The van der Waals surface area contributed by atoms with Gasteiger partial charge in [0, 0.05) is 25.9 Å². The highest BCUT2D eigenvalue weighted by atomic mass is 35.5. The molecule has 0 bridgehead atoms. The number of benzene rings is 2. The van der Waals surface area contributed by atoms with Crippen molar-refractivity contribution >= 4 is 39.2 Å². The largest absolute Gasteiger partial charge is 0.489 e. The molecule has 13 heteroatoms. The third-order valence-electron chi connectivity index (χ3n) is 6.63. The first-order chi connectivity index (χ1) is 19.5. The highest BCUT2D eigenvalue weighted by Gasteiger charge is 2.33. The number of halogens is 4. The van der Waals surface area contributed by atoms with Gasteiger partial charge >= 0.3 is 12.6 Å². The molecule has 0 radical (unpaired) electrons. The normalized spacial score (nSPS) is 15.0. The summed E-state index contributed by atoms with van der Waals surface area (Å²) in [4.78, 5) is 17.3. The second kappa shape index (κ2) is 13.3. The fourth-order valence-corrected chi connectivity index (χ4v) is 5.78. The van der Waals surface area contributed by atoms with Crippen LogP contribution < -0.4 is 9.47 Å². The van der Waals surface area contributed by atoms with E-state index in [4.69, 9.17) is 32.7 Å². The van der Waals surface area contributed by atoms with Crippen molar-refractivity contribution in [2.24, 2.45) is 5.92 Å². The number of pyridine rings is 1. The molecule has 1 saturated carbocycles. The number of alkyl halides is 2. The number of hydrogen-bond acceptors (Lipinski definition) is 7. The number of ether oxygens (including phenoxy) is 3. The van der Waals surface area contributed by atoms with Gasteiger partial charge < -0.3 is 14.2 Å². The van der Waals surface area contributed by atoms with E-state index >= 15 is 0 Å². The first-order valence-electron chi connectivity index (χ1n) is 12.7. The summed E-state index contributed by atoms with van der Waals surface area (Å²) in [5.41, 5.74) is 0.794. The lowest BCUT2D eigenvalue weighted by Gasteiger charge is -2.26.